The minimum Gasteiger partial charge on any atom is -0.381 e. The Bertz CT molecular complexity index is 766. The molecule has 0 spiro atoms. The topological polar surface area (TPSA) is 79.9 Å². The molecule has 0 fully saturated rings. The predicted molar refractivity (Wildman–Crippen MR) is 86.7 cm³/mol. The number of methoxy groups -OCH3 is 1. The summed E-state index contributed by atoms with van der Waals surface area (Å²) in [5, 5.41) is 16.7. The van der Waals surface area contributed by atoms with Crippen LogP contribution in [0.25, 0.3) is 5.69 Å². The number of hydrogen-bond donors (Lipinski definition) is 1. The molecule has 1 aromatic carbocycles. The van der Waals surface area contributed by atoms with E-state index in [9.17, 15) is 10.1 Å². The van der Waals surface area contributed by atoms with Crippen molar-refractivity contribution < 1.29 is 9.53 Å². The SMILES string of the molecule is COCC(C)(C#N)NC(=O)c1cc(C)n(-c2ccccc2Cl)n1. The lowest BCUT2D eigenvalue weighted by molar-refractivity contribution is 0.0855. The summed E-state index contributed by atoms with van der Waals surface area (Å²) in [6.45, 7) is 3.50. The molecule has 0 aliphatic heterocycles. The highest BCUT2D eigenvalue weighted by Crippen LogP contribution is 2.21. The number of carbonyl (C=O) groups excluding carboxylic acids is 1. The predicted octanol–water partition coefficient (Wildman–Crippen LogP) is 2.49. The normalized spacial score (nSPS) is 13.2. The van der Waals surface area contributed by atoms with Crippen LogP contribution in [0.5, 0.6) is 0 Å². The van der Waals surface area contributed by atoms with Crippen LogP contribution in [0.1, 0.15) is 23.1 Å². The van der Waals surface area contributed by atoms with Crippen LogP contribution in [-0.2, 0) is 4.74 Å². The van der Waals surface area contributed by atoms with Crippen molar-refractivity contribution >= 4 is 17.5 Å². The summed E-state index contributed by atoms with van der Waals surface area (Å²) in [5.41, 5.74) is 0.535. The van der Waals surface area contributed by atoms with E-state index in [4.69, 9.17) is 16.3 Å². The molecular weight excluding hydrogens is 316 g/mol. The standard InChI is InChI=1S/C16H17ClN4O2/c1-11-8-13(15(22)19-16(2,9-18)10-23-3)20-21(11)14-7-5-4-6-12(14)17/h4-8H,10H2,1-3H3,(H,19,22). The van der Waals surface area contributed by atoms with Crippen LogP contribution in [0.2, 0.25) is 5.02 Å². The van der Waals surface area contributed by atoms with Crippen LogP contribution >= 0.6 is 11.6 Å². The van der Waals surface area contributed by atoms with Gasteiger partial charge in [-0.2, -0.15) is 10.4 Å². The Balaban J connectivity index is 2.30. The van der Waals surface area contributed by atoms with Gasteiger partial charge in [-0.3, -0.25) is 4.79 Å². The first-order valence-corrected chi connectivity index (χ1v) is 7.32. The van der Waals surface area contributed by atoms with E-state index in [-0.39, 0.29) is 12.3 Å². The number of carbonyl (C=O) groups is 1. The van der Waals surface area contributed by atoms with Gasteiger partial charge in [0.05, 0.1) is 23.4 Å². The fourth-order valence-corrected chi connectivity index (χ4v) is 2.37. The lowest BCUT2D eigenvalue weighted by atomic mass is 10.1. The minimum atomic E-state index is -1.12. The summed E-state index contributed by atoms with van der Waals surface area (Å²) < 4.78 is 6.56. The fourth-order valence-electron chi connectivity index (χ4n) is 2.15. The van der Waals surface area contributed by atoms with Crippen molar-refractivity contribution in [3.63, 3.8) is 0 Å². The van der Waals surface area contributed by atoms with Crippen molar-refractivity contribution in [3.8, 4) is 11.8 Å². The van der Waals surface area contributed by atoms with E-state index in [1.165, 1.54) is 7.11 Å². The molecule has 6 nitrogen and oxygen atoms in total. The van der Waals surface area contributed by atoms with Crippen LogP contribution in [0.4, 0.5) is 0 Å². The number of aromatic nitrogens is 2. The smallest absolute Gasteiger partial charge is 0.273 e. The van der Waals surface area contributed by atoms with Crippen molar-refractivity contribution in [2.75, 3.05) is 13.7 Å². The molecule has 1 heterocycles. The van der Waals surface area contributed by atoms with E-state index >= 15 is 0 Å². The fraction of sp³-hybridized carbons (Fsp3) is 0.312. The van der Waals surface area contributed by atoms with Gasteiger partial charge in [-0.1, -0.05) is 23.7 Å². The highest BCUT2D eigenvalue weighted by Gasteiger charge is 2.28. The summed E-state index contributed by atoms with van der Waals surface area (Å²) in [7, 11) is 1.47. The van der Waals surface area contributed by atoms with Gasteiger partial charge in [0.15, 0.2) is 5.69 Å². The van der Waals surface area contributed by atoms with Crippen molar-refractivity contribution in [2.24, 2.45) is 0 Å². The maximum atomic E-state index is 12.3. The Morgan fingerprint density at radius 1 is 1.52 bits per heavy atom. The van der Waals surface area contributed by atoms with Gasteiger partial charge in [-0.05, 0) is 32.0 Å². The van der Waals surface area contributed by atoms with Gasteiger partial charge < -0.3 is 10.1 Å². The number of nitrogens with one attached hydrogen (secondary N) is 1. The molecule has 0 bridgehead atoms. The van der Waals surface area contributed by atoms with Gasteiger partial charge in [0.1, 0.15) is 5.54 Å². The highest BCUT2D eigenvalue weighted by atomic mass is 35.5. The van der Waals surface area contributed by atoms with Gasteiger partial charge in [-0.25, -0.2) is 4.68 Å². The Kier molecular flexibility index (Phi) is 5.04. The number of amides is 1. The Labute approximate surface area is 139 Å². The molecule has 0 saturated heterocycles. The van der Waals surface area contributed by atoms with Gasteiger partial charge in [0.25, 0.3) is 5.91 Å². The Morgan fingerprint density at radius 2 is 2.22 bits per heavy atom. The van der Waals surface area contributed by atoms with Crippen LogP contribution in [0, 0.1) is 18.3 Å². The molecular formula is C16H17ClN4O2. The Hall–Kier alpha value is -2.36. The summed E-state index contributed by atoms with van der Waals surface area (Å²) in [6.07, 6.45) is 0. The van der Waals surface area contributed by atoms with E-state index in [0.717, 1.165) is 5.69 Å². The van der Waals surface area contributed by atoms with Gasteiger partial charge in [0, 0.05) is 12.8 Å². The number of aryl methyl sites for hydroxylation is 1. The van der Waals surface area contributed by atoms with E-state index in [0.29, 0.717) is 10.7 Å². The number of rotatable bonds is 5. The molecule has 120 valence electrons. The molecule has 1 atom stereocenters. The largest absolute Gasteiger partial charge is 0.381 e. The molecule has 2 rings (SSSR count). The first-order chi connectivity index (χ1) is 10.9. The van der Waals surface area contributed by atoms with Crippen LogP contribution in [-0.4, -0.2) is 34.9 Å². The number of hydrogen-bond acceptors (Lipinski definition) is 4. The van der Waals surface area contributed by atoms with Gasteiger partial charge in [0.2, 0.25) is 0 Å². The molecule has 0 radical (unpaired) electrons. The average molecular weight is 333 g/mol. The second kappa shape index (κ2) is 6.82. The van der Waals surface area contributed by atoms with Crippen molar-refractivity contribution in [2.45, 2.75) is 19.4 Å². The lowest BCUT2D eigenvalue weighted by Gasteiger charge is -2.21. The molecule has 1 amide bonds. The lowest BCUT2D eigenvalue weighted by Crippen LogP contribution is -2.48. The first kappa shape index (κ1) is 17.0. The average Bonchev–Trinajstić information content (AvgIpc) is 2.90. The molecule has 0 aliphatic carbocycles. The molecule has 0 saturated carbocycles. The number of halogens is 1. The van der Waals surface area contributed by atoms with Gasteiger partial charge >= 0.3 is 0 Å². The van der Waals surface area contributed by atoms with Crippen LogP contribution < -0.4 is 5.32 Å². The number of ether oxygens (including phenoxy) is 1. The summed E-state index contributed by atoms with van der Waals surface area (Å²) in [5.74, 6) is -0.444. The molecule has 0 aliphatic rings. The molecule has 7 heteroatoms. The molecule has 2 aromatic rings. The zero-order valence-electron chi connectivity index (χ0n) is 13.1. The minimum absolute atomic E-state index is 0.0828. The third kappa shape index (κ3) is 3.70. The third-order valence-corrected chi connectivity index (χ3v) is 3.59. The number of benzene rings is 1. The first-order valence-electron chi connectivity index (χ1n) is 6.94. The molecule has 1 unspecified atom stereocenters. The summed E-state index contributed by atoms with van der Waals surface area (Å²) in [6, 6.07) is 10.9. The number of para-hydroxylation sites is 1. The molecule has 1 aromatic heterocycles. The van der Waals surface area contributed by atoms with E-state index in [1.807, 2.05) is 31.2 Å². The number of nitrogens with zero attached hydrogens (tertiary/aromatic N) is 3. The van der Waals surface area contributed by atoms with Crippen molar-refractivity contribution in [3.05, 3.63) is 46.7 Å². The van der Waals surface area contributed by atoms with E-state index in [2.05, 4.69) is 10.4 Å². The zero-order valence-corrected chi connectivity index (χ0v) is 13.9. The van der Waals surface area contributed by atoms with Crippen LogP contribution in [0.15, 0.2) is 30.3 Å². The van der Waals surface area contributed by atoms with Crippen molar-refractivity contribution in [1.29, 1.82) is 5.26 Å². The second-order valence-electron chi connectivity index (χ2n) is 5.37. The van der Waals surface area contributed by atoms with Crippen LogP contribution in [0.3, 0.4) is 0 Å². The highest BCUT2D eigenvalue weighted by molar-refractivity contribution is 6.32. The maximum absolute atomic E-state index is 12.3. The van der Waals surface area contributed by atoms with Crippen molar-refractivity contribution in [1.82, 2.24) is 15.1 Å². The Morgan fingerprint density at radius 3 is 2.83 bits per heavy atom. The monoisotopic (exact) mass is 332 g/mol. The number of nitriles is 1. The van der Waals surface area contributed by atoms with E-state index < -0.39 is 11.4 Å². The maximum Gasteiger partial charge on any atom is 0.273 e. The zero-order chi connectivity index (χ0) is 17.0. The third-order valence-electron chi connectivity index (χ3n) is 3.27. The van der Waals surface area contributed by atoms with E-state index in [1.54, 1.807) is 23.7 Å². The quantitative estimate of drug-likeness (QED) is 0.912. The summed E-state index contributed by atoms with van der Waals surface area (Å²) >= 11 is 6.17. The second-order valence-corrected chi connectivity index (χ2v) is 5.77. The molecule has 1 N–H and O–H groups in total. The molecule has 23 heavy (non-hydrogen) atoms. The van der Waals surface area contributed by atoms with Gasteiger partial charge in [-0.15, -0.1) is 0 Å². The summed E-state index contributed by atoms with van der Waals surface area (Å²) in [4.78, 5) is 12.3.